The van der Waals surface area contributed by atoms with Crippen LogP contribution < -0.4 is 0 Å². The van der Waals surface area contributed by atoms with Crippen LogP contribution in [0.1, 0.15) is 6.42 Å². The van der Waals surface area contributed by atoms with Gasteiger partial charge in [-0.1, -0.05) is 6.04 Å². The Morgan fingerprint density at radius 3 is 2.64 bits per heavy atom. The molecule has 0 spiro atoms. The van der Waals surface area contributed by atoms with Crippen LogP contribution in [0.4, 0.5) is 0 Å². The fourth-order valence-corrected chi connectivity index (χ4v) is 0.980. The van der Waals surface area contributed by atoms with Gasteiger partial charge in [0.15, 0.2) is 0 Å². The molecule has 0 aliphatic carbocycles. The van der Waals surface area contributed by atoms with E-state index in [9.17, 15) is 0 Å². The van der Waals surface area contributed by atoms with Gasteiger partial charge in [-0.25, -0.2) is 0 Å². The number of aliphatic hydroxyl groups excluding tert-OH is 2. The third kappa shape index (κ3) is 3.67. The van der Waals surface area contributed by atoms with Crippen LogP contribution in [0.5, 0.6) is 0 Å². The predicted molar refractivity (Wildman–Crippen MR) is 35.6 cm³/mol. The minimum Gasteiger partial charge on any atom is -0.671 e. The summed E-state index contributed by atoms with van der Waals surface area (Å²) in [4.78, 5) is 0. The molecule has 3 atom stereocenters. The predicted octanol–water partition coefficient (Wildman–Crippen LogP) is -0.451. The zero-order valence-electron chi connectivity index (χ0n) is 6.23. The second-order valence-corrected chi connectivity index (χ2v) is 2.55. The number of nitrogens with one attached hydrogen (secondary N) is 1. The van der Waals surface area contributed by atoms with Crippen molar-refractivity contribution in [3.8, 4) is 0 Å². The van der Waals surface area contributed by atoms with Gasteiger partial charge in [-0.3, -0.25) is 0 Å². The van der Waals surface area contributed by atoms with E-state index in [0.717, 1.165) is 0 Å². The molecule has 4 nitrogen and oxygen atoms in total. The van der Waals surface area contributed by atoms with Crippen LogP contribution in [-0.4, -0.2) is 41.7 Å². The van der Waals surface area contributed by atoms with Crippen molar-refractivity contribution >= 4 is 0 Å². The Hall–Kier alpha value is 1.28. The van der Waals surface area contributed by atoms with Gasteiger partial charge in [-0.05, 0) is 0 Å². The van der Waals surface area contributed by atoms with Crippen molar-refractivity contribution in [1.29, 1.82) is 0 Å². The zero-order chi connectivity index (χ0) is 7.56. The Bertz CT molecular complexity index is 114. The first-order valence-corrected chi connectivity index (χ1v) is 3.35. The van der Waals surface area contributed by atoms with Crippen molar-refractivity contribution < 1.29 is 59.0 Å². The van der Waals surface area contributed by atoms with Gasteiger partial charge in [0, 0.05) is 63.2 Å². The maximum absolute atomic E-state index is 9.10. The van der Waals surface area contributed by atoms with Crippen molar-refractivity contribution in [2.75, 3.05) is 13.2 Å². The molecule has 1 radical (unpaired) electrons. The van der Waals surface area contributed by atoms with Gasteiger partial charge in [0.05, 0.1) is 12.7 Å². The smallest absolute Gasteiger partial charge is 0.0829 e. The molecule has 11 heavy (non-hydrogen) atoms. The summed E-state index contributed by atoms with van der Waals surface area (Å²) in [5, 5.41) is 17.7. The molecule has 0 aromatic carbocycles. The summed E-state index contributed by atoms with van der Waals surface area (Å²) in [5.74, 6) is 0. The molecule has 0 bridgehead atoms. The van der Waals surface area contributed by atoms with Crippen molar-refractivity contribution in [2.24, 2.45) is 0 Å². The first-order valence-electron chi connectivity index (χ1n) is 3.35. The van der Waals surface area contributed by atoms with E-state index in [1.165, 1.54) is 0 Å². The number of hydrogen-bond acceptors (Lipinski definition) is 3. The van der Waals surface area contributed by atoms with Crippen LogP contribution in [0.25, 0.3) is 5.73 Å². The largest absolute Gasteiger partial charge is 0.671 e. The monoisotopic (exact) mass is 373 g/mol. The first kappa shape index (κ1) is 12.3. The zero-order valence-corrected chi connectivity index (χ0v) is 11.0. The van der Waals surface area contributed by atoms with Gasteiger partial charge in [0.1, 0.15) is 0 Å². The molecule has 1 aliphatic heterocycles. The van der Waals surface area contributed by atoms with E-state index in [1.54, 1.807) is 0 Å². The van der Waals surface area contributed by atoms with Crippen molar-refractivity contribution in [1.82, 2.24) is 0 Å². The van der Waals surface area contributed by atoms with E-state index in [0.29, 0.717) is 6.42 Å². The third-order valence-electron chi connectivity index (χ3n) is 1.68. The third-order valence-corrected chi connectivity index (χ3v) is 1.68. The van der Waals surface area contributed by atoms with Gasteiger partial charge < -0.3 is 20.7 Å². The minimum absolute atomic E-state index is 0. The summed E-state index contributed by atoms with van der Waals surface area (Å²) < 4.78 is 5.01. The fourth-order valence-electron chi connectivity index (χ4n) is 0.980. The molecular formula is C6H12AcNO3-. The fraction of sp³-hybridized carbons (Fsp3) is 1.00. The Balaban J connectivity index is 0.000001000. The van der Waals surface area contributed by atoms with Crippen LogP contribution in [0.3, 0.4) is 0 Å². The van der Waals surface area contributed by atoms with Crippen LogP contribution in [0, 0.1) is 44.1 Å². The maximum atomic E-state index is 9.10. The summed E-state index contributed by atoms with van der Waals surface area (Å²) in [6.45, 7) is 0.163. The van der Waals surface area contributed by atoms with E-state index in [2.05, 4.69) is 0 Å². The van der Waals surface area contributed by atoms with Crippen LogP contribution in [0.2, 0.25) is 0 Å². The molecule has 1 rings (SSSR count). The molecule has 0 amide bonds. The second kappa shape index (κ2) is 5.85. The molecule has 1 saturated heterocycles. The Morgan fingerprint density at radius 2 is 2.18 bits per heavy atom. The van der Waals surface area contributed by atoms with E-state index in [1.807, 2.05) is 0 Å². The normalized spacial score (nSPS) is 37.9. The average Bonchev–Trinajstić information content (AvgIpc) is 1.95. The molecular weight excluding hydrogens is 361 g/mol. The topological polar surface area (TPSA) is 73.5 Å². The summed E-state index contributed by atoms with van der Waals surface area (Å²) >= 11 is 0. The summed E-state index contributed by atoms with van der Waals surface area (Å²) in [5.41, 5.74) is 7.19. The second-order valence-electron chi connectivity index (χ2n) is 2.55. The molecule has 1 aliphatic rings. The van der Waals surface area contributed by atoms with Crippen LogP contribution in [-0.2, 0) is 4.74 Å². The van der Waals surface area contributed by atoms with Gasteiger partial charge in [-0.15, -0.1) is 0 Å². The molecule has 0 saturated carbocycles. The van der Waals surface area contributed by atoms with E-state index in [-0.39, 0.29) is 63.4 Å². The molecule has 3 unspecified atom stereocenters. The van der Waals surface area contributed by atoms with Gasteiger partial charge in [0.25, 0.3) is 0 Å². The molecule has 1 fully saturated rings. The van der Waals surface area contributed by atoms with Crippen molar-refractivity contribution in [3.05, 3.63) is 5.73 Å². The van der Waals surface area contributed by atoms with E-state index in [4.69, 9.17) is 20.7 Å². The SMILES string of the molecule is [Ac].[NH-]C1COC(CO)CC1O. The number of ether oxygens (including phenoxy) is 1. The summed E-state index contributed by atoms with van der Waals surface area (Å²) in [6.07, 6.45) is -0.521. The molecule has 63 valence electrons. The first-order chi connectivity index (χ1) is 4.74. The van der Waals surface area contributed by atoms with Gasteiger partial charge in [0.2, 0.25) is 0 Å². The Labute approximate surface area is 102 Å². The number of rotatable bonds is 1. The van der Waals surface area contributed by atoms with Crippen LogP contribution >= 0.6 is 0 Å². The quantitative estimate of drug-likeness (QED) is 0.654. The van der Waals surface area contributed by atoms with Crippen molar-refractivity contribution in [2.45, 2.75) is 24.7 Å². The maximum Gasteiger partial charge on any atom is 0.0829 e. The molecule has 0 aromatic rings. The van der Waals surface area contributed by atoms with Crippen LogP contribution in [0.15, 0.2) is 0 Å². The molecule has 5 heteroatoms. The van der Waals surface area contributed by atoms with E-state index >= 15 is 0 Å². The van der Waals surface area contributed by atoms with Crippen molar-refractivity contribution in [3.63, 3.8) is 0 Å². The molecule has 3 N–H and O–H groups in total. The van der Waals surface area contributed by atoms with Gasteiger partial charge >= 0.3 is 0 Å². The summed E-state index contributed by atoms with van der Waals surface area (Å²) in [6, 6.07) is -0.539. The Morgan fingerprint density at radius 1 is 1.55 bits per heavy atom. The number of aliphatic hydroxyl groups is 2. The molecule has 0 aromatic heterocycles. The van der Waals surface area contributed by atoms with Gasteiger partial charge in [-0.2, -0.15) is 0 Å². The minimum atomic E-state index is -0.633. The molecule has 1 heterocycles. The average molecular weight is 373 g/mol. The van der Waals surface area contributed by atoms with E-state index < -0.39 is 12.1 Å². The standard InChI is InChI=1S/C6H12NO3.Ac/c7-5-3-10-4(2-8)1-6(5)9;/h4-9H,1-3H2;/q-1;. The number of hydrogen-bond donors (Lipinski definition) is 2. The Kier molecular flexibility index (Phi) is 6.53. The summed E-state index contributed by atoms with van der Waals surface area (Å²) in [7, 11) is 0.